The van der Waals surface area contributed by atoms with Crippen LogP contribution in [-0.2, 0) is 11.2 Å². The van der Waals surface area contributed by atoms with Crippen molar-refractivity contribution in [2.45, 2.75) is 6.42 Å². The predicted molar refractivity (Wildman–Crippen MR) is 71.4 cm³/mol. The highest BCUT2D eigenvalue weighted by molar-refractivity contribution is 7.18. The lowest BCUT2D eigenvalue weighted by Gasteiger charge is -1.98. The molecule has 1 aromatic heterocycles. The second kappa shape index (κ2) is 5.70. The predicted octanol–water partition coefficient (Wildman–Crippen LogP) is 2.18. The highest BCUT2D eigenvalue weighted by atomic mass is 32.1. The first-order chi connectivity index (χ1) is 8.29. The molecule has 3 nitrogen and oxygen atoms in total. The van der Waals surface area contributed by atoms with Crippen LogP contribution in [0.3, 0.4) is 0 Å². The third-order valence-corrected chi connectivity index (χ3v) is 3.33. The van der Waals surface area contributed by atoms with E-state index in [2.05, 4.69) is 16.9 Å². The molecule has 0 saturated carbocycles. The minimum absolute atomic E-state index is 0.158. The van der Waals surface area contributed by atoms with Gasteiger partial charge in [0, 0.05) is 6.54 Å². The van der Waals surface area contributed by atoms with Gasteiger partial charge in [0.1, 0.15) is 5.01 Å². The van der Waals surface area contributed by atoms with Crippen molar-refractivity contribution < 1.29 is 4.79 Å². The van der Waals surface area contributed by atoms with E-state index < -0.39 is 0 Å². The van der Waals surface area contributed by atoms with Crippen LogP contribution in [0.1, 0.15) is 5.01 Å². The number of hydrogen-bond donors (Lipinski definition) is 1. The van der Waals surface area contributed by atoms with Crippen molar-refractivity contribution in [3.63, 3.8) is 0 Å². The number of thiazole rings is 1. The van der Waals surface area contributed by atoms with Gasteiger partial charge < -0.3 is 5.32 Å². The van der Waals surface area contributed by atoms with E-state index in [0.717, 1.165) is 15.2 Å². The number of para-hydroxylation sites is 1. The van der Waals surface area contributed by atoms with Gasteiger partial charge in [-0.15, -0.1) is 17.9 Å². The summed E-state index contributed by atoms with van der Waals surface area (Å²) in [6.45, 7) is 4.62. The minimum Gasteiger partial charge on any atom is -0.307 e. The first-order valence-electron chi connectivity index (χ1n) is 5.47. The van der Waals surface area contributed by atoms with Crippen LogP contribution in [-0.4, -0.2) is 23.9 Å². The number of Topliss-reactive ketones (excluding diaryl/α,β-unsaturated/α-hetero) is 1. The summed E-state index contributed by atoms with van der Waals surface area (Å²) in [6.07, 6.45) is 2.15. The number of carbonyl (C=O) groups excluding carboxylic acids is 1. The smallest absolute Gasteiger partial charge is 0.153 e. The number of nitrogens with zero attached hydrogens (tertiary/aromatic N) is 1. The summed E-state index contributed by atoms with van der Waals surface area (Å²) in [4.78, 5) is 16.1. The monoisotopic (exact) mass is 246 g/mol. The lowest BCUT2D eigenvalue weighted by Crippen LogP contribution is -2.24. The van der Waals surface area contributed by atoms with Gasteiger partial charge in [-0.1, -0.05) is 18.2 Å². The summed E-state index contributed by atoms with van der Waals surface area (Å²) in [6, 6.07) is 7.93. The second-order valence-electron chi connectivity index (χ2n) is 3.71. The fraction of sp³-hybridized carbons (Fsp3) is 0.231. The Morgan fingerprint density at radius 2 is 2.29 bits per heavy atom. The molecule has 0 atom stereocenters. The van der Waals surface area contributed by atoms with Crippen molar-refractivity contribution >= 4 is 27.3 Å². The van der Waals surface area contributed by atoms with Gasteiger partial charge in [0.2, 0.25) is 0 Å². The van der Waals surface area contributed by atoms with Gasteiger partial charge in [0.25, 0.3) is 0 Å². The number of fused-ring (bicyclic) bond motifs is 1. The van der Waals surface area contributed by atoms with E-state index in [-0.39, 0.29) is 5.78 Å². The van der Waals surface area contributed by atoms with Gasteiger partial charge in [-0.2, -0.15) is 0 Å². The molecule has 1 heterocycles. The normalized spacial score (nSPS) is 10.6. The van der Waals surface area contributed by atoms with Crippen molar-refractivity contribution in [2.24, 2.45) is 0 Å². The molecular formula is C13H14N2OS. The van der Waals surface area contributed by atoms with Gasteiger partial charge in [-0.3, -0.25) is 4.79 Å². The molecule has 0 bridgehead atoms. The molecule has 4 heteroatoms. The lowest BCUT2D eigenvalue weighted by atomic mass is 10.3. The molecule has 0 spiro atoms. The van der Waals surface area contributed by atoms with Crippen LogP contribution >= 0.6 is 11.3 Å². The summed E-state index contributed by atoms with van der Waals surface area (Å²) >= 11 is 1.58. The van der Waals surface area contributed by atoms with E-state index in [1.165, 1.54) is 0 Å². The van der Waals surface area contributed by atoms with Crippen molar-refractivity contribution in [3.8, 4) is 0 Å². The Bertz CT molecular complexity index is 500. The number of rotatable bonds is 6. The molecule has 0 fully saturated rings. The fourth-order valence-electron chi connectivity index (χ4n) is 1.54. The van der Waals surface area contributed by atoms with Crippen LogP contribution in [0.15, 0.2) is 36.9 Å². The number of aromatic nitrogens is 1. The molecule has 88 valence electrons. The zero-order chi connectivity index (χ0) is 12.1. The van der Waals surface area contributed by atoms with Crippen LogP contribution in [0.5, 0.6) is 0 Å². The van der Waals surface area contributed by atoms with E-state index >= 15 is 0 Å². The van der Waals surface area contributed by atoms with E-state index in [0.29, 0.717) is 19.5 Å². The molecule has 17 heavy (non-hydrogen) atoms. The largest absolute Gasteiger partial charge is 0.307 e. The van der Waals surface area contributed by atoms with E-state index in [1.54, 1.807) is 17.4 Å². The second-order valence-corrected chi connectivity index (χ2v) is 4.83. The van der Waals surface area contributed by atoms with Crippen molar-refractivity contribution in [1.82, 2.24) is 10.3 Å². The molecule has 0 amide bonds. The Balaban J connectivity index is 1.98. The Labute approximate surface area is 104 Å². The number of benzene rings is 1. The van der Waals surface area contributed by atoms with E-state index in [4.69, 9.17) is 0 Å². The topological polar surface area (TPSA) is 42.0 Å². The lowest BCUT2D eigenvalue weighted by molar-refractivity contribution is -0.117. The number of carbonyl (C=O) groups is 1. The Morgan fingerprint density at radius 1 is 1.47 bits per heavy atom. The minimum atomic E-state index is 0.158. The van der Waals surface area contributed by atoms with Gasteiger partial charge >= 0.3 is 0 Å². The summed E-state index contributed by atoms with van der Waals surface area (Å²) in [5, 5.41) is 3.88. The van der Waals surface area contributed by atoms with E-state index in [1.807, 2.05) is 24.3 Å². The molecular weight excluding hydrogens is 232 g/mol. The van der Waals surface area contributed by atoms with Crippen molar-refractivity contribution in [3.05, 3.63) is 41.9 Å². The van der Waals surface area contributed by atoms with Gasteiger partial charge in [0.15, 0.2) is 5.78 Å². The maximum Gasteiger partial charge on any atom is 0.153 e. The molecule has 0 aliphatic rings. The van der Waals surface area contributed by atoms with Gasteiger partial charge in [0.05, 0.1) is 23.2 Å². The SMILES string of the molecule is C=CCNCC(=O)Cc1nc2ccccc2s1. The highest BCUT2D eigenvalue weighted by Crippen LogP contribution is 2.21. The summed E-state index contributed by atoms with van der Waals surface area (Å²) in [5.74, 6) is 0.158. The van der Waals surface area contributed by atoms with Gasteiger partial charge in [-0.25, -0.2) is 4.98 Å². The van der Waals surface area contributed by atoms with E-state index in [9.17, 15) is 4.79 Å². The fourth-order valence-corrected chi connectivity index (χ4v) is 2.54. The molecule has 1 aromatic carbocycles. The third-order valence-electron chi connectivity index (χ3n) is 2.30. The molecule has 2 rings (SSSR count). The molecule has 0 unspecified atom stereocenters. The average molecular weight is 246 g/mol. The Morgan fingerprint density at radius 3 is 3.06 bits per heavy atom. The molecule has 0 radical (unpaired) electrons. The Hall–Kier alpha value is -1.52. The Kier molecular flexibility index (Phi) is 4.01. The number of nitrogens with one attached hydrogen (secondary N) is 1. The summed E-state index contributed by atoms with van der Waals surface area (Å²) in [7, 11) is 0. The zero-order valence-electron chi connectivity index (χ0n) is 9.48. The van der Waals surface area contributed by atoms with Crippen LogP contribution in [0.2, 0.25) is 0 Å². The third kappa shape index (κ3) is 3.22. The summed E-state index contributed by atoms with van der Waals surface area (Å²) < 4.78 is 1.13. The number of ketones is 1. The molecule has 2 aromatic rings. The highest BCUT2D eigenvalue weighted by Gasteiger charge is 2.08. The molecule has 0 aliphatic heterocycles. The first-order valence-corrected chi connectivity index (χ1v) is 6.29. The van der Waals surface area contributed by atoms with Crippen LogP contribution in [0.4, 0.5) is 0 Å². The number of hydrogen-bond acceptors (Lipinski definition) is 4. The van der Waals surface area contributed by atoms with Crippen LogP contribution < -0.4 is 5.32 Å². The first kappa shape index (κ1) is 12.0. The average Bonchev–Trinajstić information content (AvgIpc) is 2.71. The molecule has 0 saturated heterocycles. The van der Waals surface area contributed by atoms with Crippen molar-refractivity contribution in [1.29, 1.82) is 0 Å². The van der Waals surface area contributed by atoms with Crippen LogP contribution in [0.25, 0.3) is 10.2 Å². The quantitative estimate of drug-likeness (QED) is 0.627. The molecule has 0 aliphatic carbocycles. The van der Waals surface area contributed by atoms with Crippen LogP contribution in [0, 0.1) is 0 Å². The van der Waals surface area contributed by atoms with Crippen molar-refractivity contribution in [2.75, 3.05) is 13.1 Å². The standard InChI is InChI=1S/C13H14N2OS/c1-2-7-14-9-10(16)8-13-15-11-5-3-4-6-12(11)17-13/h2-6,14H,1,7-9H2. The maximum absolute atomic E-state index is 11.6. The zero-order valence-corrected chi connectivity index (χ0v) is 10.3. The maximum atomic E-state index is 11.6. The van der Waals surface area contributed by atoms with Gasteiger partial charge in [-0.05, 0) is 12.1 Å². The molecule has 1 N–H and O–H groups in total. The summed E-state index contributed by atoms with van der Waals surface area (Å²) in [5.41, 5.74) is 0.972.